The minimum absolute atomic E-state index is 0.359. The van der Waals surface area contributed by atoms with Crippen molar-refractivity contribution in [1.82, 2.24) is 5.32 Å². The normalized spacial score (nSPS) is 12.1. The van der Waals surface area contributed by atoms with Crippen LogP contribution in [0.2, 0.25) is 0 Å². The molecule has 0 aliphatic heterocycles. The monoisotopic (exact) mass is 251 g/mol. The fourth-order valence-corrected chi connectivity index (χ4v) is 1.91. The third-order valence-electron chi connectivity index (χ3n) is 3.25. The van der Waals surface area contributed by atoms with Gasteiger partial charge in [0.15, 0.2) is 0 Å². The van der Waals surface area contributed by atoms with E-state index in [4.69, 9.17) is 9.84 Å². The number of aliphatic hydroxyl groups is 1. The quantitative estimate of drug-likeness (QED) is 0.855. The number of amides is 1. The van der Waals surface area contributed by atoms with Crippen LogP contribution in [0.5, 0.6) is 5.75 Å². The molecule has 0 spiro atoms. The van der Waals surface area contributed by atoms with E-state index in [9.17, 15) is 4.79 Å². The number of hydrogen-bond donors (Lipinski definition) is 2. The number of aryl methyl sites for hydroxylation is 1. The fourth-order valence-electron chi connectivity index (χ4n) is 1.91. The molecule has 0 aliphatic carbocycles. The van der Waals surface area contributed by atoms with E-state index in [1.54, 1.807) is 7.11 Å². The number of aliphatic hydroxyl groups excluding tert-OH is 1. The molecule has 0 radical (unpaired) electrons. The Kier molecular flexibility index (Phi) is 4.73. The van der Waals surface area contributed by atoms with E-state index in [-0.39, 0.29) is 5.91 Å². The second-order valence-corrected chi connectivity index (χ2v) is 4.52. The van der Waals surface area contributed by atoms with E-state index in [2.05, 4.69) is 5.32 Å². The number of carbonyl (C=O) groups is 1. The Bertz CT molecular complexity index is 453. The molecule has 100 valence electrons. The predicted octanol–water partition coefficient (Wildman–Crippen LogP) is 1.62. The van der Waals surface area contributed by atoms with Crippen LogP contribution in [0, 0.1) is 20.8 Å². The van der Waals surface area contributed by atoms with Gasteiger partial charge < -0.3 is 15.2 Å². The lowest BCUT2D eigenvalue weighted by Crippen LogP contribution is -2.32. The summed E-state index contributed by atoms with van der Waals surface area (Å²) < 4.78 is 5.30. The Morgan fingerprint density at radius 3 is 2.50 bits per heavy atom. The van der Waals surface area contributed by atoms with Crippen molar-refractivity contribution in [3.63, 3.8) is 0 Å². The molecule has 0 fully saturated rings. The van der Waals surface area contributed by atoms with Gasteiger partial charge in [0.25, 0.3) is 0 Å². The third kappa shape index (κ3) is 3.01. The van der Waals surface area contributed by atoms with Crippen molar-refractivity contribution in [3.05, 3.63) is 28.3 Å². The molecule has 1 aromatic rings. The smallest absolute Gasteiger partial charge is 0.248 e. The van der Waals surface area contributed by atoms with Crippen LogP contribution >= 0.6 is 0 Å². The van der Waals surface area contributed by atoms with Crippen molar-refractivity contribution >= 4 is 5.91 Å². The van der Waals surface area contributed by atoms with Crippen molar-refractivity contribution in [1.29, 1.82) is 0 Å². The van der Waals surface area contributed by atoms with Gasteiger partial charge in [-0.05, 0) is 56.0 Å². The number of nitrogens with one attached hydrogen (secondary N) is 1. The zero-order chi connectivity index (χ0) is 13.9. The molecule has 0 bridgehead atoms. The van der Waals surface area contributed by atoms with Crippen LogP contribution in [0.15, 0.2) is 6.07 Å². The Morgan fingerprint density at radius 2 is 2.00 bits per heavy atom. The molecule has 1 amide bonds. The lowest BCUT2D eigenvalue weighted by atomic mass is 9.97. The largest absolute Gasteiger partial charge is 0.496 e. The number of benzene rings is 1. The number of rotatable bonds is 4. The molecular weight excluding hydrogens is 230 g/mol. The summed E-state index contributed by atoms with van der Waals surface area (Å²) in [6.07, 6.45) is -0.982. The summed E-state index contributed by atoms with van der Waals surface area (Å²) >= 11 is 0. The van der Waals surface area contributed by atoms with Crippen LogP contribution in [-0.2, 0) is 11.3 Å². The molecule has 4 nitrogen and oxygen atoms in total. The maximum absolute atomic E-state index is 11.4. The summed E-state index contributed by atoms with van der Waals surface area (Å²) in [4.78, 5) is 11.4. The molecule has 1 rings (SSSR count). The van der Waals surface area contributed by atoms with Crippen molar-refractivity contribution < 1.29 is 14.6 Å². The first-order valence-electron chi connectivity index (χ1n) is 5.98. The van der Waals surface area contributed by atoms with Gasteiger partial charge in [0, 0.05) is 6.54 Å². The van der Waals surface area contributed by atoms with E-state index >= 15 is 0 Å². The SMILES string of the molecule is COc1cc(C)c(CNC(=O)C(C)O)c(C)c1C. The van der Waals surface area contributed by atoms with E-state index in [0.717, 1.165) is 28.0 Å². The molecule has 0 aromatic heterocycles. The Morgan fingerprint density at radius 1 is 1.39 bits per heavy atom. The van der Waals surface area contributed by atoms with Gasteiger partial charge in [0.2, 0.25) is 5.91 Å². The lowest BCUT2D eigenvalue weighted by Gasteiger charge is -2.17. The highest BCUT2D eigenvalue weighted by Gasteiger charge is 2.13. The first-order valence-corrected chi connectivity index (χ1v) is 5.98. The minimum Gasteiger partial charge on any atom is -0.496 e. The average molecular weight is 251 g/mol. The molecule has 1 aromatic carbocycles. The molecule has 0 aliphatic rings. The van der Waals surface area contributed by atoms with E-state index < -0.39 is 6.10 Å². The summed E-state index contributed by atoms with van der Waals surface area (Å²) in [5.74, 6) is 0.498. The molecule has 18 heavy (non-hydrogen) atoms. The van der Waals surface area contributed by atoms with Crippen LogP contribution in [0.25, 0.3) is 0 Å². The van der Waals surface area contributed by atoms with Gasteiger partial charge in [-0.25, -0.2) is 0 Å². The second kappa shape index (κ2) is 5.87. The highest BCUT2D eigenvalue weighted by Crippen LogP contribution is 2.27. The highest BCUT2D eigenvalue weighted by molar-refractivity contribution is 5.80. The van der Waals surface area contributed by atoms with Crippen LogP contribution in [0.1, 0.15) is 29.2 Å². The number of methoxy groups -OCH3 is 1. The molecule has 0 saturated heterocycles. The highest BCUT2D eigenvalue weighted by atomic mass is 16.5. The van der Waals surface area contributed by atoms with Crippen molar-refractivity contribution in [2.45, 2.75) is 40.3 Å². The zero-order valence-corrected chi connectivity index (χ0v) is 11.6. The first kappa shape index (κ1) is 14.5. The van der Waals surface area contributed by atoms with Crippen LogP contribution in [0.3, 0.4) is 0 Å². The fraction of sp³-hybridized carbons (Fsp3) is 0.500. The molecule has 2 N–H and O–H groups in total. The lowest BCUT2D eigenvalue weighted by molar-refractivity contribution is -0.128. The Balaban J connectivity index is 2.97. The Labute approximate surface area is 108 Å². The number of carbonyl (C=O) groups excluding carboxylic acids is 1. The second-order valence-electron chi connectivity index (χ2n) is 4.52. The minimum atomic E-state index is -0.982. The summed E-state index contributed by atoms with van der Waals surface area (Å²) in [5, 5.41) is 11.9. The van der Waals surface area contributed by atoms with E-state index in [1.165, 1.54) is 6.92 Å². The van der Waals surface area contributed by atoms with Gasteiger partial charge >= 0.3 is 0 Å². The Hall–Kier alpha value is -1.55. The number of hydrogen-bond acceptors (Lipinski definition) is 3. The van der Waals surface area contributed by atoms with Crippen molar-refractivity contribution in [2.24, 2.45) is 0 Å². The molecule has 1 unspecified atom stereocenters. The topological polar surface area (TPSA) is 58.6 Å². The maximum Gasteiger partial charge on any atom is 0.248 e. The van der Waals surface area contributed by atoms with Gasteiger partial charge in [-0.3, -0.25) is 4.79 Å². The maximum atomic E-state index is 11.4. The van der Waals surface area contributed by atoms with Crippen molar-refractivity contribution in [2.75, 3.05) is 7.11 Å². The molecule has 4 heteroatoms. The van der Waals surface area contributed by atoms with Crippen LogP contribution in [0.4, 0.5) is 0 Å². The van der Waals surface area contributed by atoms with Crippen molar-refractivity contribution in [3.8, 4) is 5.75 Å². The van der Waals surface area contributed by atoms with Gasteiger partial charge in [0.1, 0.15) is 11.9 Å². The van der Waals surface area contributed by atoms with Gasteiger partial charge in [-0.2, -0.15) is 0 Å². The number of ether oxygens (including phenoxy) is 1. The first-order chi connectivity index (χ1) is 8.38. The van der Waals surface area contributed by atoms with Crippen LogP contribution in [-0.4, -0.2) is 24.2 Å². The molecule has 1 atom stereocenters. The third-order valence-corrected chi connectivity index (χ3v) is 3.25. The summed E-state index contributed by atoms with van der Waals surface area (Å²) in [6.45, 7) is 7.86. The summed E-state index contributed by atoms with van der Waals surface area (Å²) in [7, 11) is 1.65. The van der Waals surface area contributed by atoms with Gasteiger partial charge in [-0.1, -0.05) is 0 Å². The van der Waals surface area contributed by atoms with Gasteiger partial charge in [0.05, 0.1) is 7.11 Å². The van der Waals surface area contributed by atoms with E-state index in [1.807, 2.05) is 26.8 Å². The standard InChI is InChI=1S/C14H21NO3/c1-8-6-13(18-5)10(3)9(2)12(8)7-15-14(17)11(4)16/h6,11,16H,7H2,1-5H3,(H,15,17). The molecule has 0 saturated carbocycles. The average Bonchev–Trinajstić information content (AvgIpc) is 2.33. The summed E-state index contributed by atoms with van der Waals surface area (Å²) in [6, 6.07) is 1.96. The zero-order valence-electron chi connectivity index (χ0n) is 11.6. The van der Waals surface area contributed by atoms with Gasteiger partial charge in [-0.15, -0.1) is 0 Å². The van der Waals surface area contributed by atoms with Crippen LogP contribution < -0.4 is 10.1 Å². The van der Waals surface area contributed by atoms with E-state index in [0.29, 0.717) is 6.54 Å². The molecular formula is C14H21NO3. The molecule has 0 heterocycles. The predicted molar refractivity (Wildman–Crippen MR) is 70.7 cm³/mol. The summed E-state index contributed by atoms with van der Waals surface area (Å²) in [5.41, 5.74) is 4.32.